The SMILES string of the molecule is CCOC(=O)C1(C(=O)OCC)C(COCc2ccccc2)=C(I)c2ccccc21. The highest BCUT2D eigenvalue weighted by atomic mass is 127. The molecule has 5 nitrogen and oxygen atoms in total. The number of hydrogen-bond acceptors (Lipinski definition) is 5. The van der Waals surface area contributed by atoms with Crippen LogP contribution >= 0.6 is 22.6 Å². The van der Waals surface area contributed by atoms with Gasteiger partial charge >= 0.3 is 11.9 Å². The number of rotatable bonds is 8. The van der Waals surface area contributed by atoms with E-state index in [0.717, 1.165) is 14.7 Å². The van der Waals surface area contributed by atoms with Crippen molar-refractivity contribution in [2.24, 2.45) is 0 Å². The second kappa shape index (κ2) is 9.54. The van der Waals surface area contributed by atoms with Gasteiger partial charge in [0.05, 0.1) is 26.4 Å². The van der Waals surface area contributed by atoms with E-state index in [2.05, 4.69) is 22.6 Å². The van der Waals surface area contributed by atoms with Crippen LogP contribution in [0.2, 0.25) is 0 Å². The third-order valence-electron chi connectivity index (χ3n) is 4.81. The molecule has 2 aromatic rings. The third-order valence-corrected chi connectivity index (χ3v) is 6.04. The molecule has 0 atom stereocenters. The van der Waals surface area contributed by atoms with Gasteiger partial charge in [0.1, 0.15) is 0 Å². The second-order valence-corrected chi connectivity index (χ2v) is 7.59. The number of carbonyl (C=O) groups is 2. The van der Waals surface area contributed by atoms with Crippen LogP contribution in [-0.2, 0) is 35.8 Å². The normalized spacial score (nSPS) is 14.4. The maximum absolute atomic E-state index is 13.2. The molecule has 1 aliphatic rings. The van der Waals surface area contributed by atoms with Crippen LogP contribution in [0.5, 0.6) is 0 Å². The van der Waals surface area contributed by atoms with E-state index in [1.165, 1.54) is 0 Å². The van der Waals surface area contributed by atoms with E-state index in [4.69, 9.17) is 14.2 Å². The summed E-state index contributed by atoms with van der Waals surface area (Å²) in [4.78, 5) is 26.4. The van der Waals surface area contributed by atoms with Gasteiger partial charge in [-0.3, -0.25) is 9.59 Å². The molecule has 0 fully saturated rings. The van der Waals surface area contributed by atoms with E-state index in [1.807, 2.05) is 48.5 Å². The van der Waals surface area contributed by atoms with Crippen LogP contribution in [0.3, 0.4) is 0 Å². The first-order valence-corrected chi connectivity index (χ1v) is 10.6. The van der Waals surface area contributed by atoms with E-state index >= 15 is 0 Å². The quantitative estimate of drug-likeness (QED) is 0.301. The van der Waals surface area contributed by atoms with Crippen molar-refractivity contribution in [1.82, 2.24) is 0 Å². The molecule has 0 unspecified atom stereocenters. The zero-order valence-electron chi connectivity index (χ0n) is 16.4. The Kier molecular flexibility index (Phi) is 7.08. The number of benzene rings is 2. The average Bonchev–Trinajstić information content (AvgIpc) is 2.99. The standard InChI is InChI=1S/C23H23IO5/c1-3-28-21(25)23(22(26)29-4-2)18-13-9-8-12-17(18)20(24)19(23)15-27-14-16-10-6-5-7-11-16/h5-13H,3-4,14-15H2,1-2H3. The molecule has 2 aromatic carbocycles. The number of fused-ring (bicyclic) bond motifs is 1. The van der Waals surface area contributed by atoms with Crippen molar-refractivity contribution in [3.8, 4) is 0 Å². The molecule has 152 valence electrons. The number of ether oxygens (including phenoxy) is 3. The van der Waals surface area contributed by atoms with Gasteiger partial charge in [0.2, 0.25) is 5.41 Å². The predicted octanol–water partition coefficient (Wildman–Crippen LogP) is 4.43. The minimum Gasteiger partial charge on any atom is -0.465 e. The highest BCUT2D eigenvalue weighted by Crippen LogP contribution is 2.50. The molecule has 29 heavy (non-hydrogen) atoms. The van der Waals surface area contributed by atoms with Gasteiger partial charge in [-0.2, -0.15) is 0 Å². The van der Waals surface area contributed by atoms with Gasteiger partial charge in [0.25, 0.3) is 0 Å². The number of hydrogen-bond donors (Lipinski definition) is 0. The molecule has 1 aliphatic carbocycles. The van der Waals surface area contributed by atoms with Crippen LogP contribution in [-0.4, -0.2) is 31.8 Å². The molecule has 0 saturated carbocycles. The van der Waals surface area contributed by atoms with E-state index in [9.17, 15) is 9.59 Å². The van der Waals surface area contributed by atoms with Crippen LogP contribution in [0.1, 0.15) is 30.5 Å². The van der Waals surface area contributed by atoms with Crippen LogP contribution in [0.4, 0.5) is 0 Å². The first kappa shape index (κ1) is 21.5. The minimum atomic E-state index is -1.64. The molecule has 0 radical (unpaired) electrons. The summed E-state index contributed by atoms with van der Waals surface area (Å²) in [7, 11) is 0. The summed E-state index contributed by atoms with van der Waals surface area (Å²) in [6.45, 7) is 4.25. The topological polar surface area (TPSA) is 61.8 Å². The highest BCUT2D eigenvalue weighted by molar-refractivity contribution is 14.1. The zero-order valence-corrected chi connectivity index (χ0v) is 18.6. The Labute approximate surface area is 184 Å². The summed E-state index contributed by atoms with van der Waals surface area (Å²) in [5.74, 6) is -1.26. The van der Waals surface area contributed by atoms with Gasteiger partial charge < -0.3 is 14.2 Å². The monoisotopic (exact) mass is 506 g/mol. The van der Waals surface area contributed by atoms with Crippen molar-refractivity contribution >= 4 is 38.1 Å². The molecule has 0 spiro atoms. The molecule has 0 aliphatic heterocycles. The molecular weight excluding hydrogens is 483 g/mol. The largest absolute Gasteiger partial charge is 0.465 e. The lowest BCUT2D eigenvalue weighted by atomic mass is 9.77. The second-order valence-electron chi connectivity index (χ2n) is 6.51. The van der Waals surface area contributed by atoms with E-state index in [0.29, 0.717) is 17.7 Å². The summed E-state index contributed by atoms with van der Waals surface area (Å²) < 4.78 is 17.5. The van der Waals surface area contributed by atoms with Crippen molar-refractivity contribution in [2.75, 3.05) is 19.8 Å². The lowest BCUT2D eigenvalue weighted by molar-refractivity contribution is -0.162. The summed E-state index contributed by atoms with van der Waals surface area (Å²) in [6, 6.07) is 17.1. The molecule has 0 N–H and O–H groups in total. The first-order valence-electron chi connectivity index (χ1n) is 9.52. The van der Waals surface area contributed by atoms with Gasteiger partial charge in [0.15, 0.2) is 0 Å². The Morgan fingerprint density at radius 3 is 2.07 bits per heavy atom. The number of carbonyl (C=O) groups excluding carboxylic acids is 2. The Morgan fingerprint density at radius 1 is 0.862 bits per heavy atom. The van der Waals surface area contributed by atoms with Crippen molar-refractivity contribution in [1.29, 1.82) is 0 Å². The maximum Gasteiger partial charge on any atom is 0.332 e. The summed E-state index contributed by atoms with van der Waals surface area (Å²) in [6.07, 6.45) is 0. The van der Waals surface area contributed by atoms with Gasteiger partial charge in [-0.1, -0.05) is 54.6 Å². The zero-order chi connectivity index (χ0) is 20.9. The number of halogens is 1. The van der Waals surface area contributed by atoms with Gasteiger partial charge in [-0.15, -0.1) is 0 Å². The van der Waals surface area contributed by atoms with Crippen molar-refractivity contribution in [3.05, 3.63) is 76.9 Å². The van der Waals surface area contributed by atoms with Gasteiger partial charge in [-0.25, -0.2) is 0 Å². The smallest absolute Gasteiger partial charge is 0.332 e. The first-order chi connectivity index (χ1) is 14.1. The number of esters is 2. The molecule has 3 rings (SSSR count). The van der Waals surface area contributed by atoms with E-state index < -0.39 is 17.4 Å². The van der Waals surface area contributed by atoms with Gasteiger partial charge in [0, 0.05) is 9.15 Å². The molecule has 0 heterocycles. The highest BCUT2D eigenvalue weighted by Gasteiger charge is 2.58. The summed E-state index contributed by atoms with van der Waals surface area (Å²) >= 11 is 2.17. The van der Waals surface area contributed by atoms with Crippen LogP contribution in [0.25, 0.3) is 3.58 Å². The van der Waals surface area contributed by atoms with Crippen molar-refractivity contribution in [2.45, 2.75) is 25.9 Å². The van der Waals surface area contributed by atoms with Crippen LogP contribution in [0, 0.1) is 0 Å². The Bertz CT molecular complexity index is 902. The fourth-order valence-corrected chi connectivity index (χ4v) is 4.57. The van der Waals surface area contributed by atoms with E-state index in [-0.39, 0.29) is 19.8 Å². The average molecular weight is 506 g/mol. The molecule has 0 amide bonds. The van der Waals surface area contributed by atoms with Crippen LogP contribution in [0.15, 0.2) is 60.2 Å². The maximum atomic E-state index is 13.2. The minimum absolute atomic E-state index is 0.111. The fraction of sp³-hybridized carbons (Fsp3) is 0.304. The lowest BCUT2D eigenvalue weighted by Crippen LogP contribution is -2.47. The van der Waals surface area contributed by atoms with E-state index in [1.54, 1.807) is 19.9 Å². The fourth-order valence-electron chi connectivity index (χ4n) is 3.54. The summed E-state index contributed by atoms with van der Waals surface area (Å²) in [5.41, 5.74) is 1.34. The third kappa shape index (κ3) is 3.96. The molecule has 0 bridgehead atoms. The predicted molar refractivity (Wildman–Crippen MR) is 118 cm³/mol. The molecular formula is C23H23IO5. The Balaban J connectivity index is 2.03. The van der Waals surface area contributed by atoms with Gasteiger partial charge in [-0.05, 0) is 53.1 Å². The van der Waals surface area contributed by atoms with Crippen LogP contribution < -0.4 is 0 Å². The molecule has 0 saturated heterocycles. The molecule has 0 aromatic heterocycles. The van der Waals surface area contributed by atoms with Crippen molar-refractivity contribution in [3.63, 3.8) is 0 Å². The Morgan fingerprint density at radius 2 is 1.45 bits per heavy atom. The summed E-state index contributed by atoms with van der Waals surface area (Å²) in [5, 5.41) is 0. The van der Waals surface area contributed by atoms with Crippen molar-refractivity contribution < 1.29 is 23.8 Å². The lowest BCUT2D eigenvalue weighted by Gasteiger charge is -2.29. The molecule has 6 heteroatoms. The Hall–Kier alpha value is -2.19.